The van der Waals surface area contributed by atoms with Gasteiger partial charge in [-0.05, 0) is 31.5 Å². The molecule has 0 saturated carbocycles. The van der Waals surface area contributed by atoms with Crippen LogP contribution in [-0.4, -0.2) is 31.7 Å². The van der Waals surface area contributed by atoms with Gasteiger partial charge in [-0.15, -0.1) is 0 Å². The van der Waals surface area contributed by atoms with Gasteiger partial charge in [0.05, 0.1) is 12.1 Å². The third-order valence-corrected chi connectivity index (χ3v) is 4.72. The van der Waals surface area contributed by atoms with E-state index in [4.69, 9.17) is 4.52 Å². The molecule has 29 heavy (non-hydrogen) atoms. The summed E-state index contributed by atoms with van der Waals surface area (Å²) in [5.41, 5.74) is 3.62. The summed E-state index contributed by atoms with van der Waals surface area (Å²) < 4.78 is 8.20. The Labute approximate surface area is 166 Å². The molecular weight excluding hydrogens is 370 g/mol. The van der Waals surface area contributed by atoms with Gasteiger partial charge in [-0.25, -0.2) is 9.78 Å². The van der Waals surface area contributed by atoms with Crippen molar-refractivity contribution in [1.29, 1.82) is 0 Å². The molecule has 3 heterocycles. The van der Waals surface area contributed by atoms with Gasteiger partial charge >= 0.3 is 5.69 Å². The number of amides is 1. The summed E-state index contributed by atoms with van der Waals surface area (Å²) in [6.07, 6.45) is 1.66. The number of pyridine rings is 1. The zero-order chi connectivity index (χ0) is 20.4. The fraction of sp³-hybridized carbons (Fsp3) is 0.238. The van der Waals surface area contributed by atoms with Crippen LogP contribution in [0.5, 0.6) is 0 Å². The van der Waals surface area contributed by atoms with Gasteiger partial charge in [0.15, 0.2) is 11.3 Å². The summed E-state index contributed by atoms with van der Waals surface area (Å²) in [7, 11) is 0. The third-order valence-electron chi connectivity index (χ3n) is 4.72. The molecule has 1 amide bonds. The third kappa shape index (κ3) is 3.82. The molecule has 8 nitrogen and oxygen atoms in total. The summed E-state index contributed by atoms with van der Waals surface area (Å²) in [5.74, 6) is 0.223. The van der Waals surface area contributed by atoms with Crippen LogP contribution in [0.4, 0.5) is 0 Å². The number of carbonyl (C=O) groups excluding carboxylic acids is 1. The van der Waals surface area contributed by atoms with Crippen LogP contribution in [-0.2, 0) is 13.1 Å². The monoisotopic (exact) mass is 391 g/mol. The molecule has 1 aromatic carbocycles. The molecule has 0 unspecified atom stereocenters. The molecule has 4 rings (SSSR count). The van der Waals surface area contributed by atoms with Crippen molar-refractivity contribution in [3.8, 4) is 0 Å². The molecule has 0 aliphatic carbocycles. The van der Waals surface area contributed by atoms with E-state index < -0.39 is 0 Å². The summed E-state index contributed by atoms with van der Waals surface area (Å²) in [5, 5.41) is 6.45. The number of nitrogens with one attached hydrogen (secondary N) is 1. The average Bonchev–Trinajstić information content (AvgIpc) is 3.26. The molecule has 0 aliphatic rings. The first-order valence-electron chi connectivity index (χ1n) is 9.34. The van der Waals surface area contributed by atoms with Gasteiger partial charge in [0.2, 0.25) is 0 Å². The molecule has 8 heteroatoms. The molecule has 0 saturated heterocycles. The van der Waals surface area contributed by atoms with Crippen LogP contribution < -0.4 is 11.0 Å². The second kappa shape index (κ2) is 7.75. The Bertz CT molecular complexity index is 1220. The minimum absolute atomic E-state index is 0.161. The lowest BCUT2D eigenvalue weighted by molar-refractivity contribution is 0.0943. The van der Waals surface area contributed by atoms with E-state index >= 15 is 0 Å². The predicted molar refractivity (Wildman–Crippen MR) is 108 cm³/mol. The smallest absolute Gasteiger partial charge is 0.330 e. The summed E-state index contributed by atoms with van der Waals surface area (Å²) in [6.45, 7) is 4.78. The molecule has 0 radical (unpaired) electrons. The Kier molecular flexibility index (Phi) is 4.99. The first-order chi connectivity index (χ1) is 14.0. The van der Waals surface area contributed by atoms with Gasteiger partial charge in [-0.2, -0.15) is 0 Å². The number of hydrogen-bond acceptors (Lipinski definition) is 5. The van der Waals surface area contributed by atoms with E-state index in [0.717, 1.165) is 11.1 Å². The lowest BCUT2D eigenvalue weighted by atomic mass is 10.1. The molecule has 0 bridgehead atoms. The molecular formula is C21H21N5O3. The Balaban J connectivity index is 1.56. The molecule has 4 aromatic rings. The van der Waals surface area contributed by atoms with Crippen molar-refractivity contribution in [2.75, 3.05) is 6.54 Å². The van der Waals surface area contributed by atoms with Gasteiger partial charge < -0.3 is 9.84 Å². The van der Waals surface area contributed by atoms with E-state index in [9.17, 15) is 9.59 Å². The van der Waals surface area contributed by atoms with Gasteiger partial charge in [0.25, 0.3) is 5.91 Å². The number of rotatable bonds is 6. The van der Waals surface area contributed by atoms with Crippen LogP contribution in [0.15, 0.2) is 58.0 Å². The van der Waals surface area contributed by atoms with Crippen LogP contribution in [0.25, 0.3) is 11.2 Å². The molecule has 1 N–H and O–H groups in total. The fourth-order valence-corrected chi connectivity index (χ4v) is 3.22. The van der Waals surface area contributed by atoms with Crippen LogP contribution in [0.3, 0.4) is 0 Å². The largest absolute Gasteiger partial charge is 0.361 e. The van der Waals surface area contributed by atoms with Gasteiger partial charge in [0, 0.05) is 25.4 Å². The minimum Gasteiger partial charge on any atom is -0.361 e. The quantitative estimate of drug-likeness (QED) is 0.544. The Morgan fingerprint density at radius 1 is 1.14 bits per heavy atom. The highest BCUT2D eigenvalue weighted by Gasteiger charge is 2.15. The second-order valence-corrected chi connectivity index (χ2v) is 6.93. The highest BCUT2D eigenvalue weighted by molar-refractivity contribution is 5.92. The van der Waals surface area contributed by atoms with E-state index in [2.05, 4.69) is 15.5 Å². The van der Waals surface area contributed by atoms with E-state index in [1.54, 1.807) is 28.3 Å². The lowest BCUT2D eigenvalue weighted by Gasteiger charge is -2.05. The maximum absolute atomic E-state index is 13.1. The highest BCUT2D eigenvalue weighted by Crippen LogP contribution is 2.13. The van der Waals surface area contributed by atoms with Gasteiger partial charge in [-0.3, -0.25) is 13.9 Å². The Morgan fingerprint density at radius 3 is 2.66 bits per heavy atom. The first kappa shape index (κ1) is 18.7. The standard InChI is InChI=1S/C21H21N5O3/c1-14-5-7-16(8-6-14)13-26-18-4-3-9-22-19(18)25(21(26)28)11-10-23-20(27)17-12-15(2)29-24-17/h3-9,12H,10-11,13H2,1-2H3,(H,23,27). The Hall–Kier alpha value is -3.68. The molecule has 3 aromatic heterocycles. The topological polar surface area (TPSA) is 95.0 Å². The van der Waals surface area contributed by atoms with Crippen molar-refractivity contribution in [2.45, 2.75) is 26.9 Å². The molecule has 0 fully saturated rings. The van der Waals surface area contributed by atoms with Crippen molar-refractivity contribution in [3.05, 3.63) is 81.7 Å². The van der Waals surface area contributed by atoms with Crippen LogP contribution in [0.1, 0.15) is 27.4 Å². The molecule has 0 aliphatic heterocycles. The SMILES string of the molecule is Cc1ccc(Cn2c(=O)n(CCNC(=O)c3cc(C)on3)c3ncccc32)cc1. The summed E-state index contributed by atoms with van der Waals surface area (Å²) in [6, 6.07) is 13.3. The van der Waals surface area contributed by atoms with Crippen molar-refractivity contribution < 1.29 is 9.32 Å². The number of carbonyl (C=O) groups is 1. The zero-order valence-electron chi connectivity index (χ0n) is 16.3. The van der Waals surface area contributed by atoms with Crippen molar-refractivity contribution in [2.24, 2.45) is 0 Å². The number of nitrogens with zero attached hydrogens (tertiary/aromatic N) is 4. The number of fused-ring (bicyclic) bond motifs is 1. The van der Waals surface area contributed by atoms with Crippen LogP contribution in [0, 0.1) is 13.8 Å². The van der Waals surface area contributed by atoms with E-state index in [-0.39, 0.29) is 23.8 Å². The van der Waals surface area contributed by atoms with Crippen LogP contribution in [0.2, 0.25) is 0 Å². The Morgan fingerprint density at radius 2 is 1.93 bits per heavy atom. The predicted octanol–water partition coefficient (Wildman–Crippen LogP) is 2.28. The summed E-state index contributed by atoms with van der Waals surface area (Å²) >= 11 is 0. The van der Waals surface area contributed by atoms with E-state index in [1.807, 2.05) is 43.3 Å². The number of aromatic nitrogens is 4. The number of hydrogen-bond donors (Lipinski definition) is 1. The minimum atomic E-state index is -0.341. The van der Waals surface area contributed by atoms with Gasteiger partial charge in [-0.1, -0.05) is 35.0 Å². The summed E-state index contributed by atoms with van der Waals surface area (Å²) in [4.78, 5) is 29.6. The average molecular weight is 391 g/mol. The molecule has 148 valence electrons. The van der Waals surface area contributed by atoms with E-state index in [1.165, 1.54) is 5.56 Å². The maximum Gasteiger partial charge on any atom is 0.330 e. The maximum atomic E-state index is 13.1. The number of aryl methyl sites for hydroxylation is 2. The highest BCUT2D eigenvalue weighted by atomic mass is 16.5. The van der Waals surface area contributed by atoms with E-state index in [0.29, 0.717) is 24.5 Å². The fourth-order valence-electron chi connectivity index (χ4n) is 3.22. The molecule has 0 spiro atoms. The van der Waals surface area contributed by atoms with Gasteiger partial charge in [0.1, 0.15) is 5.76 Å². The first-order valence-corrected chi connectivity index (χ1v) is 9.34. The van der Waals surface area contributed by atoms with Crippen molar-refractivity contribution in [3.63, 3.8) is 0 Å². The zero-order valence-corrected chi connectivity index (χ0v) is 16.3. The second-order valence-electron chi connectivity index (χ2n) is 6.93. The normalized spacial score (nSPS) is 11.1. The van der Waals surface area contributed by atoms with Crippen molar-refractivity contribution in [1.82, 2.24) is 24.6 Å². The lowest BCUT2D eigenvalue weighted by Crippen LogP contribution is -2.32. The number of imidazole rings is 1. The number of benzene rings is 1. The molecule has 0 atom stereocenters. The van der Waals surface area contributed by atoms with Crippen LogP contribution >= 0.6 is 0 Å². The van der Waals surface area contributed by atoms with Crippen molar-refractivity contribution >= 4 is 17.1 Å².